The number of halogens is 1. The molecule has 0 bridgehead atoms. The quantitative estimate of drug-likeness (QED) is 0.711. The fraction of sp³-hybridized carbons (Fsp3) is 0.263. The summed E-state index contributed by atoms with van der Waals surface area (Å²) in [5.41, 5.74) is 1.63. The number of hydrogen-bond donors (Lipinski definition) is 2. The van der Waals surface area contributed by atoms with Gasteiger partial charge in [-0.05, 0) is 36.2 Å². The van der Waals surface area contributed by atoms with E-state index in [0.717, 1.165) is 6.42 Å². The van der Waals surface area contributed by atoms with E-state index in [1.807, 2.05) is 24.3 Å². The van der Waals surface area contributed by atoms with E-state index in [0.29, 0.717) is 29.4 Å². The van der Waals surface area contributed by atoms with Crippen LogP contribution >= 0.6 is 11.6 Å². The van der Waals surface area contributed by atoms with Crippen molar-refractivity contribution in [2.24, 2.45) is 0 Å². The number of carbonyl (C=O) groups is 2. The molecule has 0 saturated heterocycles. The van der Waals surface area contributed by atoms with Crippen molar-refractivity contribution in [3.8, 4) is 5.75 Å². The Morgan fingerprint density at radius 2 is 1.68 bits per heavy atom. The van der Waals surface area contributed by atoms with Crippen LogP contribution in [0.15, 0.2) is 48.5 Å². The van der Waals surface area contributed by atoms with E-state index in [4.69, 9.17) is 16.3 Å². The molecule has 0 saturated carbocycles. The molecule has 25 heavy (non-hydrogen) atoms. The average molecular weight is 361 g/mol. The van der Waals surface area contributed by atoms with Crippen LogP contribution in [0.3, 0.4) is 0 Å². The van der Waals surface area contributed by atoms with E-state index < -0.39 is 0 Å². The van der Waals surface area contributed by atoms with Gasteiger partial charge in [-0.15, -0.1) is 0 Å². The van der Waals surface area contributed by atoms with Crippen LogP contribution < -0.4 is 15.4 Å². The van der Waals surface area contributed by atoms with Crippen LogP contribution in [0.2, 0.25) is 5.02 Å². The molecule has 0 fully saturated rings. The maximum absolute atomic E-state index is 11.9. The van der Waals surface area contributed by atoms with Gasteiger partial charge in [-0.25, -0.2) is 0 Å². The predicted molar refractivity (Wildman–Crippen MR) is 98.1 cm³/mol. The summed E-state index contributed by atoms with van der Waals surface area (Å²) in [5, 5.41) is 5.78. The van der Waals surface area contributed by atoms with E-state index in [9.17, 15) is 9.59 Å². The van der Waals surface area contributed by atoms with E-state index >= 15 is 0 Å². The van der Waals surface area contributed by atoms with E-state index in [1.54, 1.807) is 24.3 Å². The highest BCUT2D eigenvalue weighted by molar-refractivity contribution is 6.33. The molecule has 5 nitrogen and oxygen atoms in total. The number of carbonyl (C=O) groups excluding carboxylic acids is 2. The fourth-order valence-electron chi connectivity index (χ4n) is 2.14. The third-order valence-corrected chi connectivity index (χ3v) is 3.88. The van der Waals surface area contributed by atoms with Crippen LogP contribution in [0.5, 0.6) is 5.75 Å². The number of rotatable bonds is 8. The van der Waals surface area contributed by atoms with E-state index in [2.05, 4.69) is 17.6 Å². The Bertz CT molecular complexity index is 717. The zero-order chi connectivity index (χ0) is 18.1. The summed E-state index contributed by atoms with van der Waals surface area (Å²) >= 11 is 5.95. The lowest BCUT2D eigenvalue weighted by Crippen LogP contribution is -2.36. The molecule has 0 unspecified atom stereocenters. The minimum atomic E-state index is -0.271. The molecule has 0 aromatic heterocycles. The molecule has 0 aliphatic heterocycles. The van der Waals surface area contributed by atoms with Crippen molar-refractivity contribution in [1.29, 1.82) is 0 Å². The lowest BCUT2D eigenvalue weighted by molar-refractivity contribution is -0.123. The largest absolute Gasteiger partial charge is 0.484 e. The van der Waals surface area contributed by atoms with E-state index in [1.165, 1.54) is 5.56 Å². The summed E-state index contributed by atoms with van der Waals surface area (Å²) in [5.74, 6) is 0.137. The minimum Gasteiger partial charge on any atom is -0.484 e. The highest BCUT2D eigenvalue weighted by atomic mass is 35.5. The van der Waals surface area contributed by atoms with Gasteiger partial charge in [0.2, 0.25) is 0 Å². The summed E-state index contributed by atoms with van der Waals surface area (Å²) in [7, 11) is 0. The molecule has 0 atom stereocenters. The zero-order valence-electron chi connectivity index (χ0n) is 14.0. The summed E-state index contributed by atoms with van der Waals surface area (Å²) in [6.45, 7) is 2.63. The summed E-state index contributed by atoms with van der Waals surface area (Å²) in [6, 6.07) is 14.4. The lowest BCUT2D eigenvalue weighted by Gasteiger charge is -2.09. The van der Waals surface area contributed by atoms with Crippen LogP contribution in [0, 0.1) is 0 Å². The van der Waals surface area contributed by atoms with Gasteiger partial charge >= 0.3 is 0 Å². The molecule has 6 heteroatoms. The maximum atomic E-state index is 11.9. The van der Waals surface area contributed by atoms with Gasteiger partial charge < -0.3 is 15.4 Å². The zero-order valence-corrected chi connectivity index (χ0v) is 14.8. The van der Waals surface area contributed by atoms with Crippen molar-refractivity contribution in [3.63, 3.8) is 0 Å². The number of ether oxygens (including phenoxy) is 1. The molecule has 0 heterocycles. The van der Waals surface area contributed by atoms with Gasteiger partial charge in [0.1, 0.15) is 5.75 Å². The smallest absolute Gasteiger partial charge is 0.258 e. The Morgan fingerprint density at radius 1 is 1.00 bits per heavy atom. The molecule has 2 N–H and O–H groups in total. The molecular weight excluding hydrogens is 340 g/mol. The van der Waals surface area contributed by atoms with Crippen molar-refractivity contribution in [2.45, 2.75) is 13.3 Å². The molecule has 2 rings (SSSR count). The maximum Gasteiger partial charge on any atom is 0.258 e. The topological polar surface area (TPSA) is 67.4 Å². The third-order valence-electron chi connectivity index (χ3n) is 3.55. The van der Waals surface area contributed by atoms with Gasteiger partial charge in [-0.1, -0.05) is 42.8 Å². The first-order valence-electron chi connectivity index (χ1n) is 8.11. The molecule has 0 aliphatic carbocycles. The Balaban J connectivity index is 1.65. The van der Waals surface area contributed by atoms with Gasteiger partial charge in [0.25, 0.3) is 11.8 Å². The third kappa shape index (κ3) is 6.12. The van der Waals surface area contributed by atoms with Crippen LogP contribution in [-0.2, 0) is 11.2 Å². The number of nitrogens with one attached hydrogen (secondary N) is 2. The van der Waals surface area contributed by atoms with Crippen molar-refractivity contribution < 1.29 is 14.3 Å². The molecule has 0 spiro atoms. The second kappa shape index (κ2) is 9.69. The summed E-state index contributed by atoms with van der Waals surface area (Å²) in [4.78, 5) is 23.7. The van der Waals surface area contributed by atoms with E-state index in [-0.39, 0.29) is 18.4 Å². The normalized spacial score (nSPS) is 10.2. The first kappa shape index (κ1) is 18.8. The van der Waals surface area contributed by atoms with Crippen LogP contribution in [-0.4, -0.2) is 31.5 Å². The second-order valence-corrected chi connectivity index (χ2v) is 5.78. The number of benzene rings is 2. The Labute approximate surface area is 152 Å². The molecule has 0 aliphatic rings. The van der Waals surface area contributed by atoms with Crippen molar-refractivity contribution in [3.05, 3.63) is 64.7 Å². The first-order chi connectivity index (χ1) is 12.1. The van der Waals surface area contributed by atoms with Crippen LogP contribution in [0.1, 0.15) is 22.8 Å². The highest BCUT2D eigenvalue weighted by Crippen LogP contribution is 2.14. The first-order valence-corrected chi connectivity index (χ1v) is 8.49. The Kier molecular flexibility index (Phi) is 7.29. The van der Waals surface area contributed by atoms with Gasteiger partial charge in [0, 0.05) is 13.1 Å². The van der Waals surface area contributed by atoms with Gasteiger partial charge in [0.15, 0.2) is 6.61 Å². The van der Waals surface area contributed by atoms with Crippen LogP contribution in [0.4, 0.5) is 0 Å². The Morgan fingerprint density at radius 3 is 2.36 bits per heavy atom. The average Bonchev–Trinajstić information content (AvgIpc) is 2.64. The standard InChI is InChI=1S/C19H21ClN2O3/c1-2-14-7-9-15(10-8-14)25-13-18(23)21-11-12-22-19(24)16-5-3-4-6-17(16)20/h3-10H,2,11-13H2,1H3,(H,21,23)(H,22,24). The number of hydrogen-bond acceptors (Lipinski definition) is 3. The lowest BCUT2D eigenvalue weighted by atomic mass is 10.2. The minimum absolute atomic E-state index is 0.0655. The highest BCUT2D eigenvalue weighted by Gasteiger charge is 2.09. The second-order valence-electron chi connectivity index (χ2n) is 5.37. The molecule has 0 radical (unpaired) electrons. The molecular formula is C19H21ClN2O3. The number of amides is 2. The van der Waals surface area contributed by atoms with Gasteiger partial charge in [0.05, 0.1) is 10.6 Å². The predicted octanol–water partition coefficient (Wildman–Crippen LogP) is 2.83. The summed E-state index contributed by atoms with van der Waals surface area (Å²) < 4.78 is 5.41. The summed E-state index contributed by atoms with van der Waals surface area (Å²) in [6.07, 6.45) is 0.959. The van der Waals surface area contributed by atoms with Gasteiger partial charge in [-0.2, -0.15) is 0 Å². The number of aryl methyl sites for hydroxylation is 1. The Hall–Kier alpha value is -2.53. The molecule has 132 valence electrons. The van der Waals surface area contributed by atoms with Crippen molar-refractivity contribution >= 4 is 23.4 Å². The fourth-order valence-corrected chi connectivity index (χ4v) is 2.36. The van der Waals surface area contributed by atoms with Crippen molar-refractivity contribution in [1.82, 2.24) is 10.6 Å². The van der Waals surface area contributed by atoms with Gasteiger partial charge in [-0.3, -0.25) is 9.59 Å². The molecule has 2 aromatic rings. The molecule has 2 aromatic carbocycles. The molecule has 2 amide bonds. The van der Waals surface area contributed by atoms with Crippen molar-refractivity contribution in [2.75, 3.05) is 19.7 Å². The van der Waals surface area contributed by atoms with Crippen LogP contribution in [0.25, 0.3) is 0 Å². The SMILES string of the molecule is CCc1ccc(OCC(=O)NCCNC(=O)c2ccccc2Cl)cc1. The monoisotopic (exact) mass is 360 g/mol.